The van der Waals surface area contributed by atoms with Crippen molar-refractivity contribution >= 4 is 0 Å². The van der Waals surface area contributed by atoms with Crippen molar-refractivity contribution in [3.05, 3.63) is 29.5 Å². The van der Waals surface area contributed by atoms with Gasteiger partial charge in [-0.3, -0.25) is 0 Å². The van der Waals surface area contributed by atoms with Crippen molar-refractivity contribution in [1.82, 2.24) is 0 Å². The first-order valence-corrected chi connectivity index (χ1v) is 3.74. The van der Waals surface area contributed by atoms with Crippen LogP contribution in [-0.2, 0) is 0 Å². The van der Waals surface area contributed by atoms with E-state index in [0.29, 0.717) is 12.0 Å². The molecule has 1 aliphatic carbocycles. The van der Waals surface area contributed by atoms with E-state index in [1.54, 1.807) is 6.92 Å². The summed E-state index contributed by atoms with van der Waals surface area (Å²) in [5.74, 6) is -1.42. The molecule has 1 aliphatic rings. The summed E-state index contributed by atoms with van der Waals surface area (Å²) in [4.78, 5) is 0. The highest BCUT2D eigenvalue weighted by atomic mass is 19.4. The van der Waals surface area contributed by atoms with E-state index in [1.807, 2.05) is 0 Å². The molecule has 1 atom stereocenters. The first kappa shape index (κ1) is 9.14. The van der Waals surface area contributed by atoms with Crippen molar-refractivity contribution in [3.63, 3.8) is 0 Å². The second kappa shape index (κ2) is 3.20. The third-order valence-electron chi connectivity index (χ3n) is 1.78. The Labute approximate surface area is 69.1 Å². The number of halogens is 3. The quantitative estimate of drug-likeness (QED) is 0.535. The Morgan fingerprint density at radius 3 is 2.58 bits per heavy atom. The Morgan fingerprint density at radius 1 is 1.50 bits per heavy atom. The average molecular weight is 174 g/mol. The number of rotatable bonds is 1. The number of alkyl halides is 3. The van der Waals surface area contributed by atoms with Gasteiger partial charge in [0.25, 0.3) is 0 Å². The van der Waals surface area contributed by atoms with Gasteiger partial charge in [-0.1, -0.05) is 19.1 Å². The van der Waals surface area contributed by atoms with Gasteiger partial charge in [0, 0.05) is 0 Å². The van der Waals surface area contributed by atoms with Gasteiger partial charge in [0.15, 0.2) is 0 Å². The monoisotopic (exact) mass is 174 g/mol. The van der Waals surface area contributed by atoms with Crippen LogP contribution in [0.3, 0.4) is 0 Å². The fourth-order valence-electron chi connectivity index (χ4n) is 1.16. The molecule has 0 saturated heterocycles. The molecule has 0 bridgehead atoms. The molecule has 12 heavy (non-hydrogen) atoms. The van der Waals surface area contributed by atoms with Gasteiger partial charge in [-0.15, -0.1) is 5.73 Å². The fourth-order valence-corrected chi connectivity index (χ4v) is 1.16. The summed E-state index contributed by atoms with van der Waals surface area (Å²) in [5.41, 5.74) is 2.92. The van der Waals surface area contributed by atoms with Crippen LogP contribution in [0.4, 0.5) is 13.2 Å². The van der Waals surface area contributed by atoms with Gasteiger partial charge in [-0.25, -0.2) is 0 Å². The van der Waals surface area contributed by atoms with Crippen LogP contribution < -0.4 is 0 Å². The normalized spacial score (nSPS) is 22.7. The van der Waals surface area contributed by atoms with Gasteiger partial charge >= 0.3 is 6.18 Å². The van der Waals surface area contributed by atoms with Crippen LogP contribution in [0.5, 0.6) is 0 Å². The maximum Gasteiger partial charge on any atom is 0.399 e. The molecule has 3 heteroatoms. The zero-order valence-electron chi connectivity index (χ0n) is 6.65. The van der Waals surface area contributed by atoms with Crippen LogP contribution in [0, 0.1) is 5.92 Å². The molecule has 0 heterocycles. The van der Waals surface area contributed by atoms with Crippen molar-refractivity contribution in [1.29, 1.82) is 0 Å². The minimum atomic E-state index is -4.16. The highest BCUT2D eigenvalue weighted by Gasteiger charge is 2.39. The lowest BCUT2D eigenvalue weighted by atomic mass is 9.94. The predicted octanol–water partition coefficient (Wildman–Crippen LogP) is 3.23. The topological polar surface area (TPSA) is 0 Å². The molecule has 0 amide bonds. The zero-order valence-corrected chi connectivity index (χ0v) is 6.65. The first-order chi connectivity index (χ1) is 5.55. The van der Waals surface area contributed by atoms with E-state index in [9.17, 15) is 13.2 Å². The Hall–Kier alpha value is -0.950. The first-order valence-electron chi connectivity index (χ1n) is 3.74. The molecule has 1 unspecified atom stereocenters. The summed E-state index contributed by atoms with van der Waals surface area (Å²) < 4.78 is 36.8. The minimum absolute atomic E-state index is 0.310. The summed E-state index contributed by atoms with van der Waals surface area (Å²) in [6.45, 7) is 1.70. The van der Waals surface area contributed by atoms with Gasteiger partial charge in [-0.05, 0) is 18.1 Å². The molecule has 0 N–H and O–H groups in total. The molecular formula is C9H9F3. The summed E-state index contributed by atoms with van der Waals surface area (Å²) in [7, 11) is 0. The van der Waals surface area contributed by atoms with E-state index in [1.165, 1.54) is 12.2 Å². The van der Waals surface area contributed by atoms with E-state index < -0.39 is 12.1 Å². The largest absolute Gasteiger partial charge is 0.399 e. The maximum absolute atomic E-state index is 12.3. The Balaban J connectivity index is 2.93. The van der Waals surface area contributed by atoms with Crippen LogP contribution in [0.15, 0.2) is 29.5 Å². The highest BCUT2D eigenvalue weighted by molar-refractivity contribution is 5.23. The van der Waals surface area contributed by atoms with Crippen molar-refractivity contribution in [2.24, 2.45) is 5.92 Å². The predicted molar refractivity (Wildman–Crippen MR) is 40.6 cm³/mol. The van der Waals surface area contributed by atoms with Gasteiger partial charge in [0.05, 0.1) is 0 Å². The maximum atomic E-state index is 12.3. The Morgan fingerprint density at radius 2 is 2.17 bits per heavy atom. The molecule has 0 aliphatic heterocycles. The van der Waals surface area contributed by atoms with Gasteiger partial charge in [0.2, 0.25) is 0 Å². The van der Waals surface area contributed by atoms with Crippen LogP contribution in [0.1, 0.15) is 13.3 Å². The molecule has 0 aromatic rings. The van der Waals surface area contributed by atoms with Gasteiger partial charge < -0.3 is 0 Å². The van der Waals surface area contributed by atoms with E-state index in [4.69, 9.17) is 0 Å². The second-order valence-electron chi connectivity index (χ2n) is 2.59. The summed E-state index contributed by atoms with van der Waals surface area (Å²) in [6, 6.07) is 0. The zero-order chi connectivity index (χ0) is 9.19. The third-order valence-corrected chi connectivity index (χ3v) is 1.78. The summed E-state index contributed by atoms with van der Waals surface area (Å²) >= 11 is 0. The lowest BCUT2D eigenvalue weighted by Crippen LogP contribution is -2.23. The molecule has 0 radical (unpaired) electrons. The van der Waals surface area contributed by atoms with E-state index in [-0.39, 0.29) is 0 Å². The lowest BCUT2D eigenvalue weighted by molar-refractivity contribution is -0.152. The second-order valence-corrected chi connectivity index (χ2v) is 2.59. The van der Waals surface area contributed by atoms with Crippen molar-refractivity contribution in [2.75, 3.05) is 0 Å². The molecule has 0 aromatic carbocycles. The van der Waals surface area contributed by atoms with Crippen LogP contribution in [-0.4, -0.2) is 6.18 Å². The Kier molecular flexibility index (Phi) is 2.43. The lowest BCUT2D eigenvalue weighted by Gasteiger charge is -2.18. The SMILES string of the molecule is CCC1=C=CC=CC1C(F)(F)F. The minimum Gasteiger partial charge on any atom is -0.170 e. The highest BCUT2D eigenvalue weighted by Crippen LogP contribution is 2.34. The smallest absolute Gasteiger partial charge is 0.170 e. The van der Waals surface area contributed by atoms with Crippen molar-refractivity contribution in [3.8, 4) is 0 Å². The molecule has 0 saturated carbocycles. The number of allylic oxidation sites excluding steroid dienone is 3. The molecular weight excluding hydrogens is 165 g/mol. The molecule has 66 valence electrons. The van der Waals surface area contributed by atoms with Crippen molar-refractivity contribution < 1.29 is 13.2 Å². The van der Waals surface area contributed by atoms with E-state index in [2.05, 4.69) is 5.73 Å². The fraction of sp³-hybridized carbons (Fsp3) is 0.444. The van der Waals surface area contributed by atoms with E-state index >= 15 is 0 Å². The number of hydrogen-bond acceptors (Lipinski definition) is 0. The molecule has 0 fully saturated rings. The molecule has 0 aromatic heterocycles. The van der Waals surface area contributed by atoms with Gasteiger partial charge in [0.1, 0.15) is 5.92 Å². The number of hydrogen-bond donors (Lipinski definition) is 0. The van der Waals surface area contributed by atoms with Crippen LogP contribution in [0.2, 0.25) is 0 Å². The molecule has 0 spiro atoms. The third kappa shape index (κ3) is 1.80. The van der Waals surface area contributed by atoms with Crippen LogP contribution >= 0.6 is 0 Å². The standard InChI is InChI=1S/C9H9F3/c1-2-7-5-3-4-6-8(7)9(10,11)12/h3-4,6,8H,2H2,1H3. The van der Waals surface area contributed by atoms with E-state index in [0.717, 1.165) is 6.08 Å². The molecule has 0 nitrogen and oxygen atoms in total. The summed E-state index contributed by atoms with van der Waals surface area (Å²) in [5, 5.41) is 0. The molecule has 1 rings (SSSR count). The van der Waals surface area contributed by atoms with Crippen molar-refractivity contribution in [2.45, 2.75) is 19.5 Å². The Bertz CT molecular complexity index is 251. The van der Waals surface area contributed by atoms with Gasteiger partial charge in [-0.2, -0.15) is 13.2 Å². The van der Waals surface area contributed by atoms with Crippen LogP contribution in [0.25, 0.3) is 0 Å². The average Bonchev–Trinajstić information content (AvgIpc) is 2.03. The summed E-state index contributed by atoms with van der Waals surface area (Å²) in [6.07, 6.45) is 0.293.